The van der Waals surface area contributed by atoms with Gasteiger partial charge in [-0.3, -0.25) is 4.79 Å². The number of aryl methyl sites for hydroxylation is 2. The van der Waals surface area contributed by atoms with Gasteiger partial charge in [-0.2, -0.15) is 0 Å². The molecule has 0 amide bonds. The van der Waals surface area contributed by atoms with E-state index >= 15 is 0 Å². The van der Waals surface area contributed by atoms with Crippen molar-refractivity contribution >= 4 is 20.9 Å². The zero-order chi connectivity index (χ0) is 15.6. The van der Waals surface area contributed by atoms with E-state index in [0.717, 1.165) is 22.0 Å². The highest BCUT2D eigenvalue weighted by Crippen LogP contribution is 2.17. The van der Waals surface area contributed by atoms with Gasteiger partial charge in [-0.25, -0.2) is 13.1 Å². The molecule has 6 heteroatoms. The molecule has 2 N–H and O–H groups in total. The van der Waals surface area contributed by atoms with Gasteiger partial charge in [0.05, 0.1) is 11.3 Å². The lowest BCUT2D eigenvalue weighted by molar-refractivity contribution is 0.579. The van der Waals surface area contributed by atoms with Crippen LogP contribution in [0, 0.1) is 13.8 Å². The maximum atomic E-state index is 12.1. The summed E-state index contributed by atoms with van der Waals surface area (Å²) in [4.78, 5) is 14.9. The van der Waals surface area contributed by atoms with E-state index in [1.807, 2.05) is 26.0 Å². The average molecular weight is 308 g/mol. The lowest BCUT2D eigenvalue weighted by Gasteiger charge is -2.08. The number of aromatic nitrogens is 1. The number of rotatable bonds is 5. The molecule has 1 aromatic heterocycles. The lowest BCUT2D eigenvalue weighted by Crippen LogP contribution is -2.28. The number of H-pyrrole nitrogens is 1. The van der Waals surface area contributed by atoms with E-state index in [9.17, 15) is 13.2 Å². The first-order valence-electron chi connectivity index (χ1n) is 6.93. The molecule has 0 aliphatic heterocycles. The fourth-order valence-electron chi connectivity index (χ4n) is 2.39. The first kappa shape index (κ1) is 15.7. The van der Waals surface area contributed by atoms with Crippen molar-refractivity contribution in [3.63, 3.8) is 0 Å². The summed E-state index contributed by atoms with van der Waals surface area (Å²) in [6.45, 7) is 5.74. The zero-order valence-electron chi connectivity index (χ0n) is 12.5. The SMILES string of the molecule is CCCS(=O)(=O)NCc1cc2cc(C)cc(C)c2[nH]c1=O. The van der Waals surface area contributed by atoms with Gasteiger partial charge in [0, 0.05) is 12.1 Å². The highest BCUT2D eigenvalue weighted by atomic mass is 32.2. The average Bonchev–Trinajstić information content (AvgIpc) is 2.37. The maximum Gasteiger partial charge on any atom is 0.252 e. The molecule has 0 saturated heterocycles. The number of fused-ring (bicyclic) bond motifs is 1. The van der Waals surface area contributed by atoms with Gasteiger partial charge in [0.1, 0.15) is 0 Å². The number of benzene rings is 1. The molecule has 0 atom stereocenters. The third-order valence-corrected chi connectivity index (χ3v) is 4.86. The molecule has 1 heterocycles. The quantitative estimate of drug-likeness (QED) is 0.886. The van der Waals surface area contributed by atoms with E-state index in [-0.39, 0.29) is 17.9 Å². The van der Waals surface area contributed by atoms with Crippen molar-refractivity contribution in [2.24, 2.45) is 0 Å². The van der Waals surface area contributed by atoms with E-state index in [1.54, 1.807) is 13.0 Å². The number of sulfonamides is 1. The smallest absolute Gasteiger partial charge is 0.252 e. The third kappa shape index (κ3) is 3.71. The van der Waals surface area contributed by atoms with Crippen LogP contribution in [0.15, 0.2) is 23.0 Å². The highest BCUT2D eigenvalue weighted by molar-refractivity contribution is 7.89. The van der Waals surface area contributed by atoms with E-state index in [2.05, 4.69) is 9.71 Å². The second-order valence-corrected chi connectivity index (χ2v) is 7.24. The molecule has 0 saturated carbocycles. The van der Waals surface area contributed by atoms with E-state index < -0.39 is 10.0 Å². The van der Waals surface area contributed by atoms with Crippen LogP contribution in [-0.4, -0.2) is 19.2 Å². The Morgan fingerprint density at radius 1 is 1.19 bits per heavy atom. The van der Waals surface area contributed by atoms with Crippen molar-refractivity contribution in [3.8, 4) is 0 Å². The summed E-state index contributed by atoms with van der Waals surface area (Å²) in [5.74, 6) is 0.0662. The van der Waals surface area contributed by atoms with Gasteiger partial charge < -0.3 is 4.98 Å². The lowest BCUT2D eigenvalue weighted by atomic mass is 10.1. The summed E-state index contributed by atoms with van der Waals surface area (Å²) in [6, 6.07) is 5.73. The van der Waals surface area contributed by atoms with E-state index in [4.69, 9.17) is 0 Å². The molecule has 0 bridgehead atoms. The second kappa shape index (κ2) is 5.99. The standard InChI is InChI=1S/C15H20N2O3S/c1-4-5-21(19,20)16-9-13-8-12-7-10(2)6-11(3)14(12)17-15(13)18/h6-8,16H,4-5,9H2,1-3H3,(H,17,18). The van der Waals surface area contributed by atoms with Crippen molar-refractivity contribution in [2.45, 2.75) is 33.7 Å². The van der Waals surface area contributed by atoms with Crippen molar-refractivity contribution in [1.82, 2.24) is 9.71 Å². The van der Waals surface area contributed by atoms with Gasteiger partial charge in [0.15, 0.2) is 0 Å². The molecule has 0 aliphatic rings. The predicted molar refractivity (Wildman–Crippen MR) is 85.0 cm³/mol. The van der Waals surface area contributed by atoms with Crippen LogP contribution in [0.4, 0.5) is 0 Å². The monoisotopic (exact) mass is 308 g/mol. The normalized spacial score (nSPS) is 12.0. The summed E-state index contributed by atoms with van der Waals surface area (Å²) >= 11 is 0. The minimum absolute atomic E-state index is 0.0145. The molecule has 0 fully saturated rings. The highest BCUT2D eigenvalue weighted by Gasteiger charge is 2.11. The van der Waals surface area contributed by atoms with Crippen LogP contribution < -0.4 is 10.3 Å². The minimum atomic E-state index is -3.32. The molecule has 114 valence electrons. The van der Waals surface area contributed by atoms with Crippen LogP contribution in [-0.2, 0) is 16.6 Å². The number of hydrogen-bond donors (Lipinski definition) is 2. The molecule has 2 rings (SSSR count). The van der Waals surface area contributed by atoms with Crippen LogP contribution in [0.5, 0.6) is 0 Å². The van der Waals surface area contributed by atoms with Crippen LogP contribution >= 0.6 is 0 Å². The Morgan fingerprint density at radius 3 is 2.57 bits per heavy atom. The Bertz CT molecular complexity index is 823. The largest absolute Gasteiger partial charge is 0.321 e. The second-order valence-electron chi connectivity index (χ2n) is 5.31. The van der Waals surface area contributed by atoms with Crippen LogP contribution in [0.3, 0.4) is 0 Å². The molecular weight excluding hydrogens is 288 g/mol. The molecule has 0 unspecified atom stereocenters. The molecule has 2 aromatic rings. The Labute approximate surface area is 124 Å². The van der Waals surface area contributed by atoms with Gasteiger partial charge in [0.2, 0.25) is 10.0 Å². The first-order valence-corrected chi connectivity index (χ1v) is 8.58. The summed E-state index contributed by atoms with van der Waals surface area (Å²) in [5.41, 5.74) is 3.07. The minimum Gasteiger partial charge on any atom is -0.321 e. The topological polar surface area (TPSA) is 79.0 Å². The zero-order valence-corrected chi connectivity index (χ0v) is 13.3. The molecule has 1 aromatic carbocycles. The Hall–Kier alpha value is -1.66. The van der Waals surface area contributed by atoms with Crippen molar-refractivity contribution < 1.29 is 8.42 Å². The van der Waals surface area contributed by atoms with Gasteiger partial charge in [0.25, 0.3) is 5.56 Å². The van der Waals surface area contributed by atoms with E-state index in [1.165, 1.54) is 0 Å². The van der Waals surface area contributed by atoms with Crippen LogP contribution in [0.25, 0.3) is 10.9 Å². The number of hydrogen-bond acceptors (Lipinski definition) is 3. The number of pyridine rings is 1. The fourth-order valence-corrected chi connectivity index (χ4v) is 3.45. The van der Waals surface area contributed by atoms with Gasteiger partial charge >= 0.3 is 0 Å². The molecule has 0 spiro atoms. The third-order valence-electron chi connectivity index (χ3n) is 3.33. The van der Waals surface area contributed by atoms with Crippen molar-refractivity contribution in [1.29, 1.82) is 0 Å². The van der Waals surface area contributed by atoms with Gasteiger partial charge in [-0.1, -0.05) is 18.6 Å². The van der Waals surface area contributed by atoms with Crippen LogP contribution in [0.1, 0.15) is 30.0 Å². The number of aromatic amines is 1. The fraction of sp³-hybridized carbons (Fsp3) is 0.400. The predicted octanol–water partition coefficient (Wildman–Crippen LogP) is 1.97. The van der Waals surface area contributed by atoms with Crippen molar-refractivity contribution in [3.05, 3.63) is 45.2 Å². The molecule has 0 radical (unpaired) electrons. The Balaban J connectivity index is 2.37. The summed E-state index contributed by atoms with van der Waals surface area (Å²) < 4.78 is 25.8. The number of nitrogens with one attached hydrogen (secondary N) is 2. The molecule has 0 aliphatic carbocycles. The van der Waals surface area contributed by atoms with Crippen molar-refractivity contribution in [2.75, 3.05) is 5.75 Å². The summed E-state index contributed by atoms with van der Waals surface area (Å²) in [6.07, 6.45) is 0.543. The van der Waals surface area contributed by atoms with Gasteiger partial charge in [-0.05, 0) is 43.4 Å². The molecular formula is C15H20N2O3S. The summed E-state index contributed by atoms with van der Waals surface area (Å²) in [7, 11) is -3.32. The van der Waals surface area contributed by atoms with Gasteiger partial charge in [-0.15, -0.1) is 0 Å². The first-order chi connectivity index (χ1) is 9.82. The molecule has 21 heavy (non-hydrogen) atoms. The Kier molecular flexibility index (Phi) is 4.49. The Morgan fingerprint density at radius 2 is 1.90 bits per heavy atom. The van der Waals surface area contributed by atoms with E-state index in [0.29, 0.717) is 12.0 Å². The maximum absolute atomic E-state index is 12.1. The van der Waals surface area contributed by atoms with Crippen LogP contribution in [0.2, 0.25) is 0 Å². The molecule has 5 nitrogen and oxygen atoms in total. The summed E-state index contributed by atoms with van der Waals surface area (Å²) in [5, 5.41) is 0.914.